The Morgan fingerprint density at radius 2 is 0.906 bits per heavy atom. The van der Waals surface area contributed by atoms with Gasteiger partial charge >= 0.3 is 0 Å². The largest absolute Gasteiger partial charge is 0.494 e. The second-order valence-corrected chi connectivity index (χ2v) is 9.01. The molecule has 0 aliphatic carbocycles. The molecule has 0 amide bonds. The maximum Gasteiger partial charge on any atom is 0.119 e. The lowest BCUT2D eigenvalue weighted by molar-refractivity contribution is -0.143. The van der Waals surface area contributed by atoms with Gasteiger partial charge in [-0.15, -0.1) is 0 Å². The van der Waals surface area contributed by atoms with Crippen LogP contribution < -0.4 is 9.47 Å². The smallest absolute Gasteiger partial charge is 0.119 e. The summed E-state index contributed by atoms with van der Waals surface area (Å²) >= 11 is 0. The average molecular weight is 443 g/mol. The minimum absolute atomic E-state index is 0.636. The number of ether oxygens (including phenoxy) is 2. The number of hydrogen-bond acceptors (Lipinski definition) is 4. The minimum atomic E-state index is -1.48. The molecule has 0 heterocycles. The number of unbranched alkanes of at least 4 members (excludes halogenated alkanes) is 6. The van der Waals surface area contributed by atoms with Crippen molar-refractivity contribution in [1.82, 2.24) is 0 Å². The molecule has 4 nitrogen and oxygen atoms in total. The van der Waals surface area contributed by atoms with E-state index in [0.717, 1.165) is 24.3 Å². The molecule has 0 fully saturated rings. The van der Waals surface area contributed by atoms with Crippen molar-refractivity contribution in [2.75, 3.05) is 13.2 Å². The summed E-state index contributed by atoms with van der Waals surface area (Å²) in [7, 11) is 0. The van der Waals surface area contributed by atoms with Gasteiger partial charge < -0.3 is 19.7 Å². The van der Waals surface area contributed by atoms with Gasteiger partial charge in [-0.3, -0.25) is 0 Å². The van der Waals surface area contributed by atoms with Gasteiger partial charge in [-0.05, 0) is 62.1 Å². The van der Waals surface area contributed by atoms with Crippen molar-refractivity contribution < 1.29 is 19.7 Å². The zero-order valence-corrected chi connectivity index (χ0v) is 20.4. The Morgan fingerprint density at radius 1 is 0.562 bits per heavy atom. The first-order valence-electron chi connectivity index (χ1n) is 12.2. The van der Waals surface area contributed by atoms with Crippen LogP contribution >= 0.6 is 0 Å². The Hall–Kier alpha value is -2.04. The Kier molecular flexibility index (Phi) is 10.5. The van der Waals surface area contributed by atoms with E-state index in [1.54, 1.807) is 13.8 Å². The van der Waals surface area contributed by atoms with E-state index in [2.05, 4.69) is 13.8 Å². The number of hydrogen-bond donors (Lipinski definition) is 2. The van der Waals surface area contributed by atoms with Crippen molar-refractivity contribution in [2.45, 2.75) is 90.3 Å². The topological polar surface area (TPSA) is 58.9 Å². The Balaban J connectivity index is 1.98. The highest BCUT2D eigenvalue weighted by molar-refractivity contribution is 5.37. The predicted molar refractivity (Wildman–Crippen MR) is 131 cm³/mol. The van der Waals surface area contributed by atoms with Crippen LogP contribution in [0.3, 0.4) is 0 Å². The van der Waals surface area contributed by atoms with Gasteiger partial charge in [0.1, 0.15) is 22.7 Å². The van der Waals surface area contributed by atoms with Gasteiger partial charge in [0.2, 0.25) is 0 Å². The van der Waals surface area contributed by atoms with E-state index < -0.39 is 11.2 Å². The van der Waals surface area contributed by atoms with Crippen LogP contribution in [0.4, 0.5) is 0 Å². The molecule has 0 saturated carbocycles. The van der Waals surface area contributed by atoms with Crippen LogP contribution in [0.2, 0.25) is 0 Å². The van der Waals surface area contributed by atoms with Crippen molar-refractivity contribution in [2.24, 2.45) is 0 Å². The molecule has 0 aliphatic rings. The van der Waals surface area contributed by atoms with Crippen molar-refractivity contribution in [3.05, 3.63) is 59.7 Å². The molecule has 4 heteroatoms. The molecule has 0 spiro atoms. The van der Waals surface area contributed by atoms with Gasteiger partial charge in [0.05, 0.1) is 13.2 Å². The predicted octanol–water partition coefficient (Wildman–Crippen LogP) is 6.72. The number of aliphatic hydroxyl groups is 2. The highest BCUT2D eigenvalue weighted by Gasteiger charge is 2.44. The van der Waals surface area contributed by atoms with Crippen LogP contribution in [0.15, 0.2) is 48.5 Å². The van der Waals surface area contributed by atoms with Crippen LogP contribution in [0.25, 0.3) is 0 Å². The van der Waals surface area contributed by atoms with Crippen LogP contribution in [-0.2, 0) is 11.2 Å². The molecule has 2 N–H and O–H groups in total. The third-order valence-electron chi connectivity index (χ3n) is 6.31. The zero-order chi connectivity index (χ0) is 23.5. The summed E-state index contributed by atoms with van der Waals surface area (Å²) < 4.78 is 11.6. The zero-order valence-electron chi connectivity index (χ0n) is 20.4. The molecule has 0 saturated heterocycles. The van der Waals surface area contributed by atoms with E-state index in [1.807, 2.05) is 48.5 Å². The molecule has 0 unspecified atom stereocenters. The lowest BCUT2D eigenvalue weighted by Crippen LogP contribution is -2.45. The summed E-state index contributed by atoms with van der Waals surface area (Å²) in [6, 6.07) is 14.7. The van der Waals surface area contributed by atoms with Gasteiger partial charge in [-0.25, -0.2) is 0 Å². The van der Waals surface area contributed by atoms with Crippen LogP contribution in [-0.4, -0.2) is 23.4 Å². The monoisotopic (exact) mass is 442 g/mol. The fraction of sp³-hybridized carbons (Fsp3) is 0.571. The normalized spacial score (nSPS) is 15.1. The molecule has 32 heavy (non-hydrogen) atoms. The Bertz CT molecular complexity index is 696. The van der Waals surface area contributed by atoms with Gasteiger partial charge in [0.25, 0.3) is 0 Å². The van der Waals surface area contributed by atoms with Crippen molar-refractivity contribution in [3.8, 4) is 11.5 Å². The van der Waals surface area contributed by atoms with E-state index in [4.69, 9.17) is 9.47 Å². The summed E-state index contributed by atoms with van der Waals surface area (Å²) in [4.78, 5) is 0. The fourth-order valence-electron chi connectivity index (χ4n) is 3.75. The quantitative estimate of drug-likeness (QED) is 0.301. The summed E-state index contributed by atoms with van der Waals surface area (Å²) in [5, 5.41) is 22.6. The van der Waals surface area contributed by atoms with E-state index in [0.29, 0.717) is 24.3 Å². The fourth-order valence-corrected chi connectivity index (χ4v) is 3.75. The summed E-state index contributed by atoms with van der Waals surface area (Å²) in [6.07, 6.45) is 9.31. The maximum atomic E-state index is 11.3. The Morgan fingerprint density at radius 3 is 1.22 bits per heavy atom. The first kappa shape index (κ1) is 26.2. The molecule has 178 valence electrons. The Labute approximate surface area is 194 Å². The first-order chi connectivity index (χ1) is 15.3. The van der Waals surface area contributed by atoms with E-state index >= 15 is 0 Å². The average Bonchev–Trinajstić information content (AvgIpc) is 2.79. The molecule has 0 bridgehead atoms. The second-order valence-electron chi connectivity index (χ2n) is 9.01. The molecule has 2 aromatic rings. The summed E-state index contributed by atoms with van der Waals surface area (Å²) in [5.74, 6) is 1.56. The maximum absolute atomic E-state index is 11.3. The van der Waals surface area contributed by atoms with Gasteiger partial charge in [0.15, 0.2) is 0 Å². The summed E-state index contributed by atoms with van der Waals surface area (Å²) in [5.41, 5.74) is -1.68. The third kappa shape index (κ3) is 7.25. The molecular weight excluding hydrogens is 400 g/mol. The van der Waals surface area contributed by atoms with E-state index in [-0.39, 0.29) is 0 Å². The number of rotatable bonds is 15. The van der Waals surface area contributed by atoms with Crippen molar-refractivity contribution >= 4 is 0 Å². The van der Waals surface area contributed by atoms with Crippen LogP contribution in [0.1, 0.15) is 90.2 Å². The highest BCUT2D eigenvalue weighted by Crippen LogP contribution is 2.41. The lowest BCUT2D eigenvalue weighted by Gasteiger charge is -2.39. The third-order valence-corrected chi connectivity index (χ3v) is 6.31. The molecular formula is C28H42O4. The molecule has 0 aliphatic heterocycles. The van der Waals surface area contributed by atoms with Gasteiger partial charge in [-0.2, -0.15) is 0 Å². The number of benzene rings is 2. The molecule has 0 radical (unpaired) electrons. The molecule has 0 aromatic heterocycles. The van der Waals surface area contributed by atoms with E-state index in [9.17, 15) is 10.2 Å². The second kappa shape index (κ2) is 12.9. The van der Waals surface area contributed by atoms with E-state index in [1.165, 1.54) is 38.5 Å². The van der Waals surface area contributed by atoms with Crippen LogP contribution in [0.5, 0.6) is 11.5 Å². The molecule has 2 atom stereocenters. The van der Waals surface area contributed by atoms with Gasteiger partial charge in [0, 0.05) is 0 Å². The molecule has 2 aromatic carbocycles. The molecule has 2 rings (SSSR count). The van der Waals surface area contributed by atoms with Crippen molar-refractivity contribution in [1.29, 1.82) is 0 Å². The SMILES string of the molecule is CCCCCCOc1ccc([C@](C)(O)[C@@](C)(O)c2ccc(OCCCCCC)cc2)cc1. The lowest BCUT2D eigenvalue weighted by atomic mass is 9.76. The highest BCUT2D eigenvalue weighted by atomic mass is 16.5. The minimum Gasteiger partial charge on any atom is -0.494 e. The van der Waals surface area contributed by atoms with Crippen LogP contribution in [0, 0.1) is 0 Å². The van der Waals surface area contributed by atoms with Crippen molar-refractivity contribution in [3.63, 3.8) is 0 Å². The standard InChI is InChI=1S/C28H42O4/c1-5-7-9-11-21-31-25-17-13-23(14-18-25)27(3,29)28(4,30)24-15-19-26(20-16-24)32-22-12-10-8-6-2/h13-20,29-30H,5-12,21-22H2,1-4H3/t27-,28-/m0/s1. The first-order valence-corrected chi connectivity index (χ1v) is 12.2. The van der Waals surface area contributed by atoms with Gasteiger partial charge in [-0.1, -0.05) is 76.6 Å². The summed E-state index contributed by atoms with van der Waals surface area (Å²) in [6.45, 7) is 9.06.